The molecular formula is C31H35N9O4. The topological polar surface area (TPSA) is 175 Å². The first-order valence-electron chi connectivity index (χ1n) is 14.5. The Morgan fingerprint density at radius 3 is 2.39 bits per heavy atom. The van der Waals surface area contributed by atoms with E-state index in [9.17, 15) is 15.0 Å². The number of hydrogen-bond donors (Lipinski definition) is 6. The highest BCUT2D eigenvalue weighted by molar-refractivity contribution is 5.83. The number of aromatic nitrogens is 6. The first-order chi connectivity index (χ1) is 21.6. The first-order valence-corrected chi connectivity index (χ1v) is 14.5. The number of aromatic amines is 1. The summed E-state index contributed by atoms with van der Waals surface area (Å²) in [5.74, 6) is 0.971. The van der Waals surface area contributed by atoms with Gasteiger partial charge in [-0.15, -0.1) is 0 Å². The van der Waals surface area contributed by atoms with E-state index in [4.69, 9.17) is 14.7 Å². The highest BCUT2D eigenvalue weighted by Crippen LogP contribution is 2.35. The van der Waals surface area contributed by atoms with Crippen LogP contribution in [0, 0.1) is 0 Å². The van der Waals surface area contributed by atoms with Gasteiger partial charge in [-0.1, -0.05) is 60.7 Å². The summed E-state index contributed by atoms with van der Waals surface area (Å²) in [6, 6.07) is 20.1. The molecule has 1 aliphatic heterocycles. The maximum Gasteiger partial charge on any atom is 0.207 e. The van der Waals surface area contributed by atoms with Gasteiger partial charge >= 0.3 is 0 Å². The Bertz CT molecular complexity index is 1610. The Morgan fingerprint density at radius 2 is 1.75 bits per heavy atom. The molecule has 1 amide bonds. The van der Waals surface area contributed by atoms with Crippen molar-refractivity contribution in [1.29, 1.82) is 0 Å². The van der Waals surface area contributed by atoms with Crippen molar-refractivity contribution in [3.63, 3.8) is 0 Å². The largest absolute Gasteiger partial charge is 0.388 e. The number of nitrogens with zero attached hydrogens (tertiary/aromatic N) is 5. The van der Waals surface area contributed by atoms with Gasteiger partial charge in [0.25, 0.3) is 0 Å². The van der Waals surface area contributed by atoms with Crippen molar-refractivity contribution in [2.45, 2.75) is 42.9 Å². The number of carbonyl (C=O) groups is 1. The number of amides is 1. The molecule has 0 saturated carbocycles. The van der Waals surface area contributed by atoms with Gasteiger partial charge in [-0.05, 0) is 24.6 Å². The van der Waals surface area contributed by atoms with Gasteiger partial charge in [-0.25, -0.2) is 19.9 Å². The Kier molecular flexibility index (Phi) is 8.89. The molecule has 13 heteroatoms. The van der Waals surface area contributed by atoms with E-state index in [-0.39, 0.29) is 5.92 Å². The number of nitrogens with one attached hydrogen (secondary N) is 4. The molecule has 1 aliphatic rings. The molecule has 4 heterocycles. The van der Waals surface area contributed by atoms with Crippen molar-refractivity contribution >= 4 is 23.4 Å². The van der Waals surface area contributed by atoms with Gasteiger partial charge in [-0.2, -0.15) is 0 Å². The van der Waals surface area contributed by atoms with Crippen molar-refractivity contribution in [2.24, 2.45) is 0 Å². The average molecular weight is 598 g/mol. The van der Waals surface area contributed by atoms with Crippen LogP contribution < -0.4 is 16.0 Å². The van der Waals surface area contributed by atoms with Crippen LogP contribution in [-0.4, -0.2) is 84.6 Å². The molecule has 1 unspecified atom stereocenters. The van der Waals surface area contributed by atoms with Gasteiger partial charge in [0.1, 0.15) is 18.2 Å². The zero-order chi connectivity index (χ0) is 30.5. The number of anilines is 1. The number of carbonyl (C=O) groups excluding carboxylic acids is 1. The minimum absolute atomic E-state index is 0.0234. The van der Waals surface area contributed by atoms with E-state index in [1.807, 2.05) is 36.4 Å². The van der Waals surface area contributed by atoms with Crippen LogP contribution in [0.2, 0.25) is 0 Å². The summed E-state index contributed by atoms with van der Waals surface area (Å²) < 4.78 is 7.71. The van der Waals surface area contributed by atoms with Crippen LogP contribution in [0.1, 0.15) is 47.3 Å². The Balaban J connectivity index is 1.39. The van der Waals surface area contributed by atoms with E-state index in [0.717, 1.165) is 11.1 Å². The molecule has 6 N–H and O–H groups in total. The summed E-state index contributed by atoms with van der Waals surface area (Å²) in [5, 5.41) is 31.1. The molecular weight excluding hydrogens is 562 g/mol. The molecule has 2 aromatic carbocycles. The van der Waals surface area contributed by atoms with E-state index in [2.05, 4.69) is 55.2 Å². The van der Waals surface area contributed by atoms with Crippen molar-refractivity contribution in [3.8, 4) is 0 Å². The lowest BCUT2D eigenvalue weighted by Crippen LogP contribution is -2.33. The summed E-state index contributed by atoms with van der Waals surface area (Å²) in [6.07, 6.45) is 1.78. The van der Waals surface area contributed by atoms with E-state index in [1.54, 1.807) is 24.1 Å². The van der Waals surface area contributed by atoms with Crippen molar-refractivity contribution in [3.05, 3.63) is 102 Å². The summed E-state index contributed by atoms with van der Waals surface area (Å²) in [6.45, 7) is 0.819. The van der Waals surface area contributed by atoms with E-state index >= 15 is 0 Å². The molecule has 0 bridgehead atoms. The summed E-state index contributed by atoms with van der Waals surface area (Å²) >= 11 is 0. The molecule has 0 radical (unpaired) electrons. The lowest BCUT2D eigenvalue weighted by molar-refractivity contribution is -0.109. The number of H-pyrrole nitrogens is 1. The van der Waals surface area contributed by atoms with Crippen LogP contribution in [0.3, 0.4) is 0 Å². The van der Waals surface area contributed by atoms with E-state index < -0.39 is 30.6 Å². The third kappa shape index (κ3) is 5.90. The number of benzene rings is 2. The number of fused-ring (bicyclic) bond motifs is 1. The Hall–Kier alpha value is -4.69. The monoisotopic (exact) mass is 597 g/mol. The average Bonchev–Trinajstić information content (AvgIpc) is 3.80. The lowest BCUT2D eigenvalue weighted by Gasteiger charge is -2.21. The molecule has 3 aromatic heterocycles. The second-order valence-corrected chi connectivity index (χ2v) is 10.6. The molecule has 5 aromatic rings. The second kappa shape index (κ2) is 13.3. The minimum atomic E-state index is -1.24. The van der Waals surface area contributed by atoms with Gasteiger partial charge in [0, 0.05) is 25.2 Å². The molecule has 44 heavy (non-hydrogen) atoms. The second-order valence-electron chi connectivity index (χ2n) is 10.6. The molecule has 13 nitrogen and oxygen atoms in total. The number of aliphatic hydroxyl groups excluding tert-OH is 2. The third-order valence-electron chi connectivity index (χ3n) is 7.95. The first kappa shape index (κ1) is 29.4. The van der Waals surface area contributed by atoms with E-state index in [1.165, 1.54) is 6.33 Å². The molecule has 5 atom stereocenters. The van der Waals surface area contributed by atoms with Crippen LogP contribution in [0.5, 0.6) is 0 Å². The predicted molar refractivity (Wildman–Crippen MR) is 163 cm³/mol. The summed E-state index contributed by atoms with van der Waals surface area (Å²) in [5.41, 5.74) is 3.91. The van der Waals surface area contributed by atoms with Gasteiger partial charge in [0.15, 0.2) is 29.0 Å². The third-order valence-corrected chi connectivity index (χ3v) is 7.95. The predicted octanol–water partition coefficient (Wildman–Crippen LogP) is 1.86. The molecule has 0 spiro atoms. The highest BCUT2D eigenvalue weighted by atomic mass is 16.6. The fourth-order valence-corrected chi connectivity index (χ4v) is 5.69. The maximum absolute atomic E-state index is 11.0. The zero-order valence-electron chi connectivity index (χ0n) is 24.1. The number of aliphatic hydroxyl groups is 2. The van der Waals surface area contributed by atoms with Crippen molar-refractivity contribution in [1.82, 2.24) is 40.1 Å². The standard InChI is InChI=1S/C31H35N9O4/c1-32-24(22-15-34-16-36-22)29-38-28(35-14-21(19-8-4-2-5-9-19)20-10-6-3-7-11-20)25-30(39-29)40(17-37-25)31-27(43)26(42)23(44-31)12-13-33-18-41/h2-11,15-18,21,23-24,26-27,31-32,42-43H,12-14H2,1H3,(H,33,41)(H,34,36)(H,35,38,39)/t23-,24?,26-,27-,31-/m1/s1. The molecule has 1 fully saturated rings. The van der Waals surface area contributed by atoms with Crippen LogP contribution in [0.4, 0.5) is 5.82 Å². The van der Waals surface area contributed by atoms with Crippen molar-refractivity contribution in [2.75, 3.05) is 25.5 Å². The van der Waals surface area contributed by atoms with Gasteiger partial charge < -0.3 is 35.9 Å². The molecule has 6 rings (SSSR count). The lowest BCUT2D eigenvalue weighted by atomic mass is 9.91. The van der Waals surface area contributed by atoms with E-state index in [0.29, 0.717) is 54.4 Å². The fraction of sp³-hybridized carbons (Fsp3) is 0.323. The number of imidazole rings is 2. The number of ether oxygens (including phenoxy) is 1. The Morgan fingerprint density at radius 1 is 1.02 bits per heavy atom. The smallest absolute Gasteiger partial charge is 0.207 e. The highest BCUT2D eigenvalue weighted by Gasteiger charge is 2.44. The molecule has 0 aliphatic carbocycles. The zero-order valence-corrected chi connectivity index (χ0v) is 24.1. The van der Waals surface area contributed by atoms with Crippen molar-refractivity contribution < 1.29 is 19.7 Å². The number of hydrogen-bond acceptors (Lipinski definition) is 10. The van der Waals surface area contributed by atoms with Crippen LogP contribution >= 0.6 is 0 Å². The molecule has 1 saturated heterocycles. The van der Waals surface area contributed by atoms with Crippen LogP contribution in [-0.2, 0) is 9.53 Å². The maximum atomic E-state index is 11.0. The van der Waals surface area contributed by atoms with Gasteiger partial charge in [-0.3, -0.25) is 9.36 Å². The normalized spacial score (nSPS) is 20.6. The van der Waals surface area contributed by atoms with Crippen LogP contribution in [0.15, 0.2) is 79.5 Å². The number of rotatable bonds is 13. The van der Waals surface area contributed by atoms with Gasteiger partial charge in [0.05, 0.1) is 24.5 Å². The SMILES string of the molecule is CNC(c1c[nH]cn1)c1nc(NCC(c2ccccc2)c2ccccc2)c2ncn([C@@H]3O[C@H](CCNC=O)[C@@H](O)[C@H]3O)c2n1. The van der Waals surface area contributed by atoms with Crippen LogP contribution in [0.25, 0.3) is 11.2 Å². The fourth-order valence-electron chi connectivity index (χ4n) is 5.69. The molecule has 228 valence electrons. The quantitative estimate of drug-likeness (QED) is 0.0868. The summed E-state index contributed by atoms with van der Waals surface area (Å²) in [7, 11) is 1.80. The summed E-state index contributed by atoms with van der Waals surface area (Å²) in [4.78, 5) is 32.5. The minimum Gasteiger partial charge on any atom is -0.388 e. The Labute approximate surface area is 253 Å². The van der Waals surface area contributed by atoms with Gasteiger partial charge in [0.2, 0.25) is 6.41 Å².